The first-order chi connectivity index (χ1) is 8.31. The number of likely N-dealkylation sites (N-methyl/N-ethyl adjacent to an activating group) is 1. The second kappa shape index (κ2) is 5.96. The Morgan fingerprint density at radius 2 is 2.24 bits per heavy atom. The summed E-state index contributed by atoms with van der Waals surface area (Å²) in [6.07, 6.45) is 9.94. The van der Waals surface area contributed by atoms with Gasteiger partial charge in [0.05, 0.1) is 0 Å². The number of rotatable bonds is 4. The lowest BCUT2D eigenvalue weighted by atomic mass is 9.84. The van der Waals surface area contributed by atoms with Gasteiger partial charge in [-0.15, -0.1) is 0 Å². The maximum atomic E-state index is 11.6. The first-order valence-electron chi connectivity index (χ1n) is 6.50. The first-order valence-corrected chi connectivity index (χ1v) is 6.50. The third-order valence-corrected chi connectivity index (χ3v) is 3.77. The Hall–Kier alpha value is -1.16. The van der Waals surface area contributed by atoms with Gasteiger partial charge in [-0.3, -0.25) is 4.57 Å². The highest BCUT2D eigenvalue weighted by Gasteiger charge is 2.22. The van der Waals surface area contributed by atoms with Crippen LogP contribution in [0.4, 0.5) is 0 Å². The van der Waals surface area contributed by atoms with Crippen LogP contribution >= 0.6 is 0 Å². The van der Waals surface area contributed by atoms with Crippen molar-refractivity contribution in [3.8, 4) is 0 Å². The maximum Gasteiger partial charge on any atom is 0.347 e. The predicted octanol–water partition coefficient (Wildman–Crippen LogP) is 1.41. The van der Waals surface area contributed by atoms with Gasteiger partial charge in [-0.1, -0.05) is 19.3 Å². The lowest BCUT2D eigenvalue weighted by Crippen LogP contribution is -2.41. The van der Waals surface area contributed by atoms with E-state index in [1.54, 1.807) is 10.8 Å². The van der Waals surface area contributed by atoms with Gasteiger partial charge >= 0.3 is 5.69 Å². The van der Waals surface area contributed by atoms with Crippen molar-refractivity contribution in [3.63, 3.8) is 0 Å². The molecule has 1 heterocycles. The van der Waals surface area contributed by atoms with Crippen LogP contribution in [0.25, 0.3) is 0 Å². The Bertz CT molecular complexity index is 396. The van der Waals surface area contributed by atoms with E-state index in [2.05, 4.69) is 10.3 Å². The number of nitrogens with zero attached hydrogens (tertiary/aromatic N) is 2. The van der Waals surface area contributed by atoms with Crippen molar-refractivity contribution in [1.82, 2.24) is 14.9 Å². The average molecular weight is 235 g/mol. The molecule has 0 bridgehead atoms. The molecule has 1 unspecified atom stereocenters. The predicted molar refractivity (Wildman–Crippen MR) is 67.9 cm³/mol. The van der Waals surface area contributed by atoms with Gasteiger partial charge in [0.2, 0.25) is 0 Å². The van der Waals surface area contributed by atoms with Crippen LogP contribution in [-0.4, -0.2) is 22.6 Å². The molecule has 0 saturated heterocycles. The van der Waals surface area contributed by atoms with E-state index in [-0.39, 0.29) is 5.69 Å². The van der Waals surface area contributed by atoms with Gasteiger partial charge < -0.3 is 5.32 Å². The summed E-state index contributed by atoms with van der Waals surface area (Å²) in [7, 11) is 1.99. The molecule has 94 valence electrons. The monoisotopic (exact) mass is 235 g/mol. The van der Waals surface area contributed by atoms with Gasteiger partial charge in [0.15, 0.2) is 0 Å². The zero-order chi connectivity index (χ0) is 12.1. The van der Waals surface area contributed by atoms with Gasteiger partial charge in [-0.25, -0.2) is 9.78 Å². The van der Waals surface area contributed by atoms with Crippen molar-refractivity contribution in [1.29, 1.82) is 0 Å². The van der Waals surface area contributed by atoms with E-state index in [9.17, 15) is 4.79 Å². The summed E-state index contributed by atoms with van der Waals surface area (Å²) in [5, 5.41) is 3.36. The van der Waals surface area contributed by atoms with Gasteiger partial charge in [0.1, 0.15) is 0 Å². The molecule has 1 N–H and O–H groups in total. The molecular weight excluding hydrogens is 214 g/mol. The van der Waals surface area contributed by atoms with Crippen LogP contribution in [0, 0.1) is 5.92 Å². The van der Waals surface area contributed by atoms with Crippen molar-refractivity contribution in [3.05, 3.63) is 28.9 Å². The molecule has 2 rings (SSSR count). The molecule has 4 heteroatoms. The van der Waals surface area contributed by atoms with E-state index in [0.717, 1.165) is 6.54 Å². The number of hydrogen-bond acceptors (Lipinski definition) is 3. The van der Waals surface area contributed by atoms with Crippen LogP contribution < -0.4 is 11.0 Å². The molecule has 1 aromatic rings. The fourth-order valence-corrected chi connectivity index (χ4v) is 2.75. The normalized spacial score (nSPS) is 19.1. The second-order valence-electron chi connectivity index (χ2n) is 4.85. The van der Waals surface area contributed by atoms with E-state index in [1.807, 2.05) is 19.3 Å². The highest BCUT2D eigenvalue weighted by Crippen LogP contribution is 2.26. The number of hydrogen-bond donors (Lipinski definition) is 1. The largest absolute Gasteiger partial charge is 0.347 e. The Labute approximate surface area is 102 Å². The molecule has 1 saturated carbocycles. The molecule has 0 spiro atoms. The lowest BCUT2D eigenvalue weighted by Gasteiger charge is -2.30. The highest BCUT2D eigenvalue weighted by atomic mass is 16.1. The second-order valence-corrected chi connectivity index (χ2v) is 4.85. The molecule has 1 aliphatic carbocycles. The Morgan fingerprint density at radius 3 is 2.88 bits per heavy atom. The minimum atomic E-state index is -0.149. The molecule has 0 aliphatic heterocycles. The summed E-state index contributed by atoms with van der Waals surface area (Å²) in [6, 6.07) is 2.20. The van der Waals surface area contributed by atoms with E-state index in [1.165, 1.54) is 32.1 Å². The fourth-order valence-electron chi connectivity index (χ4n) is 2.75. The summed E-state index contributed by atoms with van der Waals surface area (Å²) in [6.45, 7) is 0.730. The third kappa shape index (κ3) is 3.16. The van der Waals surface area contributed by atoms with Crippen LogP contribution in [0.2, 0.25) is 0 Å². The SMILES string of the molecule is CNC(Cn1cccnc1=O)C1CCCCC1. The molecule has 0 amide bonds. The summed E-state index contributed by atoms with van der Waals surface area (Å²) in [5.41, 5.74) is -0.149. The first kappa shape index (κ1) is 12.3. The van der Waals surface area contributed by atoms with Gasteiger partial charge in [-0.2, -0.15) is 0 Å². The van der Waals surface area contributed by atoms with Crippen molar-refractivity contribution in [2.24, 2.45) is 5.92 Å². The van der Waals surface area contributed by atoms with E-state index >= 15 is 0 Å². The molecule has 1 atom stereocenters. The van der Waals surface area contributed by atoms with Crippen molar-refractivity contribution >= 4 is 0 Å². The smallest absolute Gasteiger partial charge is 0.315 e. The zero-order valence-corrected chi connectivity index (χ0v) is 10.4. The molecule has 1 fully saturated rings. The highest BCUT2D eigenvalue weighted by molar-refractivity contribution is 4.85. The van der Waals surface area contributed by atoms with Crippen LogP contribution in [0.5, 0.6) is 0 Å². The minimum absolute atomic E-state index is 0.149. The number of nitrogens with one attached hydrogen (secondary N) is 1. The Balaban J connectivity index is 2.04. The quantitative estimate of drug-likeness (QED) is 0.858. The van der Waals surface area contributed by atoms with Crippen LogP contribution in [0.15, 0.2) is 23.3 Å². The lowest BCUT2D eigenvalue weighted by molar-refractivity contribution is 0.255. The maximum absolute atomic E-state index is 11.6. The van der Waals surface area contributed by atoms with Crippen molar-refractivity contribution in [2.75, 3.05) is 7.05 Å². The third-order valence-electron chi connectivity index (χ3n) is 3.77. The standard InChI is InChI=1S/C13H21N3O/c1-14-12(11-6-3-2-4-7-11)10-16-9-5-8-15-13(16)17/h5,8-9,11-12,14H,2-4,6-7,10H2,1H3. The summed E-state index contributed by atoms with van der Waals surface area (Å²) in [5.74, 6) is 0.695. The van der Waals surface area contributed by atoms with Crippen LogP contribution in [0.1, 0.15) is 32.1 Å². The zero-order valence-electron chi connectivity index (χ0n) is 10.4. The topological polar surface area (TPSA) is 46.9 Å². The summed E-state index contributed by atoms with van der Waals surface area (Å²) >= 11 is 0. The number of aromatic nitrogens is 2. The van der Waals surface area contributed by atoms with Crippen LogP contribution in [0.3, 0.4) is 0 Å². The molecule has 17 heavy (non-hydrogen) atoms. The van der Waals surface area contributed by atoms with Gasteiger partial charge in [-0.05, 0) is 31.9 Å². The van der Waals surface area contributed by atoms with Crippen molar-refractivity contribution < 1.29 is 0 Å². The summed E-state index contributed by atoms with van der Waals surface area (Å²) in [4.78, 5) is 15.4. The molecule has 1 aromatic heterocycles. The molecule has 0 radical (unpaired) electrons. The van der Waals surface area contributed by atoms with Gasteiger partial charge in [0, 0.05) is 25.0 Å². The van der Waals surface area contributed by atoms with E-state index < -0.39 is 0 Å². The van der Waals surface area contributed by atoms with E-state index in [4.69, 9.17) is 0 Å². The molecular formula is C13H21N3O. The molecule has 1 aliphatic rings. The van der Waals surface area contributed by atoms with Crippen LogP contribution in [-0.2, 0) is 6.54 Å². The Morgan fingerprint density at radius 1 is 1.47 bits per heavy atom. The van der Waals surface area contributed by atoms with Crippen molar-refractivity contribution in [2.45, 2.75) is 44.7 Å². The molecule has 4 nitrogen and oxygen atoms in total. The molecule has 0 aromatic carbocycles. The fraction of sp³-hybridized carbons (Fsp3) is 0.692. The van der Waals surface area contributed by atoms with E-state index in [0.29, 0.717) is 12.0 Å². The summed E-state index contributed by atoms with van der Waals surface area (Å²) < 4.78 is 1.70. The Kier molecular flexibility index (Phi) is 4.31. The minimum Gasteiger partial charge on any atom is -0.315 e. The van der Waals surface area contributed by atoms with Gasteiger partial charge in [0.25, 0.3) is 0 Å². The average Bonchev–Trinajstić information content (AvgIpc) is 2.39.